The SMILES string of the molecule is O=C(c1cc2c(s1)CCCCC2)N1CCc2cc(S(=O)(=O)N3CCCCC3)ccc21. The van der Waals surface area contributed by atoms with Gasteiger partial charge >= 0.3 is 0 Å². The van der Waals surface area contributed by atoms with E-state index in [4.69, 9.17) is 0 Å². The molecule has 0 spiro atoms. The normalized spacial score (nSPS) is 19.9. The second-order valence-corrected chi connectivity index (χ2v) is 11.7. The number of carbonyl (C=O) groups is 1. The number of carbonyl (C=O) groups excluding carboxylic acids is 1. The molecule has 1 aromatic carbocycles. The monoisotopic (exact) mass is 444 g/mol. The van der Waals surface area contributed by atoms with E-state index < -0.39 is 10.0 Å². The molecule has 7 heteroatoms. The fourth-order valence-electron chi connectivity index (χ4n) is 4.91. The lowest BCUT2D eigenvalue weighted by Gasteiger charge is -2.26. The fraction of sp³-hybridized carbons (Fsp3) is 0.522. The predicted molar refractivity (Wildman–Crippen MR) is 120 cm³/mol. The van der Waals surface area contributed by atoms with Crippen LogP contribution in [0.1, 0.15) is 64.2 Å². The fourth-order valence-corrected chi connectivity index (χ4v) is 7.68. The molecule has 0 atom stereocenters. The van der Waals surface area contributed by atoms with Crippen molar-refractivity contribution >= 4 is 33.0 Å². The third-order valence-corrected chi connectivity index (χ3v) is 9.72. The van der Waals surface area contributed by atoms with Crippen molar-refractivity contribution in [2.75, 3.05) is 24.5 Å². The molecule has 0 radical (unpaired) electrons. The number of nitrogens with zero attached hydrogens (tertiary/aromatic N) is 2. The van der Waals surface area contributed by atoms with Crippen LogP contribution < -0.4 is 4.90 Å². The molecule has 3 aliphatic rings. The molecule has 0 bridgehead atoms. The quantitative estimate of drug-likeness (QED) is 0.660. The molecule has 1 fully saturated rings. The number of hydrogen-bond acceptors (Lipinski definition) is 4. The molecular formula is C23H28N2O3S2. The molecule has 2 aliphatic heterocycles. The topological polar surface area (TPSA) is 57.7 Å². The van der Waals surface area contributed by atoms with Gasteiger partial charge in [0, 0.05) is 30.2 Å². The molecule has 5 nitrogen and oxygen atoms in total. The van der Waals surface area contributed by atoms with Crippen molar-refractivity contribution in [2.24, 2.45) is 0 Å². The van der Waals surface area contributed by atoms with Gasteiger partial charge < -0.3 is 4.90 Å². The van der Waals surface area contributed by atoms with Crippen LogP contribution in [0, 0.1) is 0 Å². The zero-order chi connectivity index (χ0) is 20.7. The van der Waals surface area contributed by atoms with Crippen molar-refractivity contribution in [2.45, 2.75) is 62.7 Å². The molecule has 5 rings (SSSR count). The van der Waals surface area contributed by atoms with Crippen LogP contribution >= 0.6 is 11.3 Å². The van der Waals surface area contributed by atoms with Gasteiger partial charge in [0.15, 0.2) is 0 Å². The Labute approximate surface area is 182 Å². The Bertz CT molecular complexity index is 1040. The summed E-state index contributed by atoms with van der Waals surface area (Å²) in [6.07, 6.45) is 9.51. The number of fused-ring (bicyclic) bond motifs is 2. The molecule has 0 saturated carbocycles. The third-order valence-electron chi connectivity index (χ3n) is 6.60. The highest BCUT2D eigenvalue weighted by Crippen LogP contribution is 2.35. The van der Waals surface area contributed by atoms with Gasteiger partial charge in [-0.2, -0.15) is 4.31 Å². The van der Waals surface area contributed by atoms with E-state index in [9.17, 15) is 13.2 Å². The third kappa shape index (κ3) is 3.61. The van der Waals surface area contributed by atoms with Gasteiger partial charge in [0.2, 0.25) is 10.0 Å². The number of rotatable bonds is 3. The van der Waals surface area contributed by atoms with Crippen LogP contribution in [0.15, 0.2) is 29.2 Å². The summed E-state index contributed by atoms with van der Waals surface area (Å²) in [5.41, 5.74) is 3.17. The highest BCUT2D eigenvalue weighted by Gasteiger charge is 2.31. The molecule has 1 aromatic heterocycles. The average Bonchev–Trinajstić information content (AvgIpc) is 3.31. The van der Waals surface area contributed by atoms with Crippen LogP contribution in [0.5, 0.6) is 0 Å². The van der Waals surface area contributed by atoms with E-state index >= 15 is 0 Å². The summed E-state index contributed by atoms with van der Waals surface area (Å²) in [5, 5.41) is 0. The first kappa shape index (κ1) is 20.2. The van der Waals surface area contributed by atoms with E-state index in [1.54, 1.807) is 27.8 Å². The van der Waals surface area contributed by atoms with Crippen LogP contribution in [0.25, 0.3) is 0 Å². The van der Waals surface area contributed by atoms with Gasteiger partial charge in [-0.25, -0.2) is 8.42 Å². The van der Waals surface area contributed by atoms with Crippen molar-refractivity contribution in [1.82, 2.24) is 4.31 Å². The number of benzene rings is 1. The van der Waals surface area contributed by atoms with Gasteiger partial charge in [-0.1, -0.05) is 12.8 Å². The number of anilines is 1. The van der Waals surface area contributed by atoms with Crippen molar-refractivity contribution in [3.63, 3.8) is 0 Å². The number of piperidine rings is 1. The standard InChI is InChI=1S/C23H28N2O3S2/c26-23(22-16-18-7-3-1-4-8-21(18)29-22)25-14-11-17-15-19(9-10-20(17)25)30(27,28)24-12-5-2-6-13-24/h9-10,15-16H,1-8,11-14H2. The second-order valence-electron chi connectivity index (χ2n) is 8.58. The zero-order valence-electron chi connectivity index (χ0n) is 17.2. The lowest BCUT2D eigenvalue weighted by molar-refractivity contribution is 0.0993. The Kier molecular flexibility index (Phi) is 5.45. The Balaban J connectivity index is 1.39. The van der Waals surface area contributed by atoms with Gasteiger partial charge in [-0.05, 0) is 80.3 Å². The summed E-state index contributed by atoms with van der Waals surface area (Å²) in [4.78, 5) is 17.6. The number of sulfonamides is 1. The highest BCUT2D eigenvalue weighted by atomic mass is 32.2. The van der Waals surface area contributed by atoms with E-state index in [0.29, 0.717) is 31.0 Å². The van der Waals surface area contributed by atoms with Gasteiger partial charge in [0.05, 0.1) is 9.77 Å². The van der Waals surface area contributed by atoms with Gasteiger partial charge in [-0.15, -0.1) is 11.3 Å². The minimum absolute atomic E-state index is 0.0541. The molecular weight excluding hydrogens is 416 g/mol. The van der Waals surface area contributed by atoms with E-state index in [1.807, 2.05) is 11.0 Å². The number of hydrogen-bond donors (Lipinski definition) is 0. The average molecular weight is 445 g/mol. The predicted octanol–water partition coefficient (Wildman–Crippen LogP) is 4.39. The summed E-state index contributed by atoms with van der Waals surface area (Å²) in [6.45, 7) is 1.82. The maximum absolute atomic E-state index is 13.3. The molecule has 1 saturated heterocycles. The Morgan fingerprint density at radius 3 is 2.43 bits per heavy atom. The number of amides is 1. The summed E-state index contributed by atoms with van der Waals surface area (Å²) in [6, 6.07) is 7.39. The van der Waals surface area contributed by atoms with Crippen molar-refractivity contribution in [1.29, 1.82) is 0 Å². The molecule has 1 amide bonds. The van der Waals surface area contributed by atoms with Crippen LogP contribution in [-0.2, 0) is 29.3 Å². The summed E-state index contributed by atoms with van der Waals surface area (Å²) >= 11 is 1.65. The summed E-state index contributed by atoms with van der Waals surface area (Å²) < 4.78 is 27.6. The minimum Gasteiger partial charge on any atom is -0.307 e. The van der Waals surface area contributed by atoms with E-state index in [-0.39, 0.29) is 5.91 Å². The van der Waals surface area contributed by atoms with Gasteiger partial charge in [0.25, 0.3) is 5.91 Å². The molecule has 30 heavy (non-hydrogen) atoms. The van der Waals surface area contributed by atoms with Crippen LogP contribution in [-0.4, -0.2) is 38.3 Å². The number of aryl methyl sites for hydroxylation is 2. The highest BCUT2D eigenvalue weighted by molar-refractivity contribution is 7.89. The smallest absolute Gasteiger partial charge is 0.268 e. The Morgan fingerprint density at radius 1 is 0.833 bits per heavy atom. The first-order chi connectivity index (χ1) is 14.5. The van der Waals surface area contributed by atoms with Crippen LogP contribution in [0.2, 0.25) is 0 Å². The summed E-state index contributed by atoms with van der Waals surface area (Å²) in [5.74, 6) is 0.0541. The Morgan fingerprint density at radius 2 is 1.60 bits per heavy atom. The van der Waals surface area contributed by atoms with Crippen molar-refractivity contribution < 1.29 is 13.2 Å². The molecule has 1 aliphatic carbocycles. The molecule has 0 N–H and O–H groups in total. The molecule has 2 aromatic rings. The van der Waals surface area contributed by atoms with Gasteiger partial charge in [0.1, 0.15) is 0 Å². The van der Waals surface area contributed by atoms with Crippen molar-refractivity contribution in [3.8, 4) is 0 Å². The van der Waals surface area contributed by atoms with E-state index in [2.05, 4.69) is 6.07 Å². The first-order valence-electron chi connectivity index (χ1n) is 11.1. The lowest BCUT2D eigenvalue weighted by atomic mass is 10.1. The minimum atomic E-state index is -3.45. The number of thiophene rings is 1. The van der Waals surface area contributed by atoms with Crippen LogP contribution in [0.4, 0.5) is 5.69 Å². The maximum Gasteiger partial charge on any atom is 0.268 e. The van der Waals surface area contributed by atoms with E-state index in [0.717, 1.165) is 48.2 Å². The lowest BCUT2D eigenvalue weighted by Crippen LogP contribution is -2.35. The first-order valence-corrected chi connectivity index (χ1v) is 13.4. The van der Waals surface area contributed by atoms with Gasteiger partial charge in [-0.3, -0.25) is 4.79 Å². The van der Waals surface area contributed by atoms with Crippen LogP contribution in [0.3, 0.4) is 0 Å². The van der Waals surface area contributed by atoms with Crippen molar-refractivity contribution in [3.05, 3.63) is 45.1 Å². The maximum atomic E-state index is 13.3. The van der Waals surface area contributed by atoms with E-state index in [1.165, 1.54) is 29.7 Å². The largest absolute Gasteiger partial charge is 0.307 e. The molecule has 160 valence electrons. The Hall–Kier alpha value is -1.70. The second kappa shape index (κ2) is 8.09. The zero-order valence-corrected chi connectivity index (χ0v) is 18.9. The molecule has 0 unspecified atom stereocenters. The summed E-state index contributed by atoms with van der Waals surface area (Å²) in [7, 11) is -3.45. The molecule has 3 heterocycles.